The van der Waals surface area contributed by atoms with Crippen LogP contribution in [0.4, 0.5) is 0 Å². The molecule has 4 heteroatoms. The summed E-state index contributed by atoms with van der Waals surface area (Å²) < 4.78 is 3.11. The summed E-state index contributed by atoms with van der Waals surface area (Å²) in [4.78, 5) is 0. The third kappa shape index (κ3) is 1.57. The Morgan fingerprint density at radius 2 is 2.19 bits per heavy atom. The maximum atomic E-state index is 9.96. The lowest BCUT2D eigenvalue weighted by atomic mass is 10.1. The van der Waals surface area contributed by atoms with Crippen LogP contribution in [0.1, 0.15) is 17.4 Å². The van der Waals surface area contributed by atoms with Gasteiger partial charge in [-0.15, -0.1) is 0 Å². The highest BCUT2D eigenvalue weighted by Crippen LogP contribution is 2.33. The Morgan fingerprint density at radius 1 is 1.50 bits per heavy atom. The van der Waals surface area contributed by atoms with Gasteiger partial charge in [-0.05, 0) is 28.9 Å². The van der Waals surface area contributed by atoms with Gasteiger partial charge in [0.05, 0.1) is 11.6 Å². The predicted octanol–water partition coefficient (Wildman–Crippen LogP) is 2.24. The molecular formula is C12H15BrN2O. The van der Waals surface area contributed by atoms with E-state index in [1.165, 1.54) is 0 Å². The van der Waals surface area contributed by atoms with Crippen molar-refractivity contribution in [3.8, 4) is 0 Å². The van der Waals surface area contributed by atoms with E-state index in [9.17, 15) is 5.11 Å². The molecule has 0 aliphatic carbocycles. The standard InChI is InChI=1S/C12H15BrN2O/c1-7-11(10(16)6-14)8-4-3-5-9(13)12(8)15(7)2/h3-5,10,16H,6,14H2,1-2H3. The lowest BCUT2D eigenvalue weighted by Gasteiger charge is -2.08. The molecule has 1 aromatic carbocycles. The highest BCUT2D eigenvalue weighted by molar-refractivity contribution is 9.10. The zero-order valence-electron chi connectivity index (χ0n) is 9.37. The Morgan fingerprint density at radius 3 is 2.81 bits per heavy atom. The number of hydrogen-bond donors (Lipinski definition) is 2. The zero-order valence-corrected chi connectivity index (χ0v) is 11.0. The molecule has 0 amide bonds. The molecule has 1 aromatic heterocycles. The van der Waals surface area contributed by atoms with Crippen molar-refractivity contribution in [2.24, 2.45) is 12.8 Å². The number of nitrogens with zero attached hydrogens (tertiary/aromatic N) is 1. The fourth-order valence-electron chi connectivity index (χ4n) is 2.16. The summed E-state index contributed by atoms with van der Waals surface area (Å²) >= 11 is 3.53. The van der Waals surface area contributed by atoms with Gasteiger partial charge in [0, 0.05) is 34.7 Å². The Hall–Kier alpha value is -0.840. The van der Waals surface area contributed by atoms with Crippen LogP contribution in [0.15, 0.2) is 22.7 Å². The molecular weight excluding hydrogens is 268 g/mol. The van der Waals surface area contributed by atoms with Crippen LogP contribution in [0.3, 0.4) is 0 Å². The number of halogens is 1. The second kappa shape index (κ2) is 4.20. The van der Waals surface area contributed by atoms with Crippen LogP contribution in [-0.2, 0) is 7.05 Å². The van der Waals surface area contributed by atoms with Crippen molar-refractivity contribution in [1.29, 1.82) is 0 Å². The number of para-hydroxylation sites is 1. The first-order valence-corrected chi connectivity index (χ1v) is 5.98. The molecule has 0 radical (unpaired) electrons. The van der Waals surface area contributed by atoms with Crippen LogP contribution in [0.5, 0.6) is 0 Å². The molecule has 0 aliphatic heterocycles. The van der Waals surface area contributed by atoms with E-state index in [0.717, 1.165) is 26.6 Å². The Bertz CT molecular complexity index is 533. The number of fused-ring (bicyclic) bond motifs is 1. The van der Waals surface area contributed by atoms with E-state index in [2.05, 4.69) is 20.5 Å². The van der Waals surface area contributed by atoms with Gasteiger partial charge in [-0.1, -0.05) is 12.1 Å². The van der Waals surface area contributed by atoms with E-state index < -0.39 is 6.10 Å². The summed E-state index contributed by atoms with van der Waals surface area (Å²) in [5.41, 5.74) is 8.63. The quantitative estimate of drug-likeness (QED) is 0.888. The van der Waals surface area contributed by atoms with Crippen LogP contribution < -0.4 is 5.73 Å². The van der Waals surface area contributed by atoms with Crippen molar-refractivity contribution in [2.75, 3.05) is 6.54 Å². The summed E-state index contributed by atoms with van der Waals surface area (Å²) in [5, 5.41) is 11.0. The molecule has 3 nitrogen and oxygen atoms in total. The molecule has 1 atom stereocenters. The van der Waals surface area contributed by atoms with Gasteiger partial charge in [0.15, 0.2) is 0 Å². The molecule has 0 spiro atoms. The average Bonchev–Trinajstić information content (AvgIpc) is 2.52. The molecule has 0 fully saturated rings. The van der Waals surface area contributed by atoms with Gasteiger partial charge in [0.25, 0.3) is 0 Å². The number of aliphatic hydroxyl groups is 1. The number of aromatic nitrogens is 1. The van der Waals surface area contributed by atoms with Gasteiger partial charge in [-0.25, -0.2) is 0 Å². The molecule has 0 aliphatic rings. The number of hydrogen-bond acceptors (Lipinski definition) is 2. The smallest absolute Gasteiger partial charge is 0.0935 e. The molecule has 86 valence electrons. The number of nitrogens with two attached hydrogens (primary N) is 1. The highest BCUT2D eigenvalue weighted by Gasteiger charge is 2.18. The first-order valence-electron chi connectivity index (χ1n) is 5.19. The van der Waals surface area contributed by atoms with Crippen LogP contribution in [0, 0.1) is 6.92 Å². The summed E-state index contributed by atoms with van der Waals surface area (Å²) in [6, 6.07) is 5.99. The Kier molecular flexibility index (Phi) is 3.06. The number of aliphatic hydroxyl groups excluding tert-OH is 1. The number of aryl methyl sites for hydroxylation is 1. The molecule has 0 saturated heterocycles. The van der Waals surface area contributed by atoms with Crippen molar-refractivity contribution in [3.63, 3.8) is 0 Å². The van der Waals surface area contributed by atoms with Gasteiger partial charge in [0.1, 0.15) is 0 Å². The van der Waals surface area contributed by atoms with E-state index in [1.807, 2.05) is 32.2 Å². The van der Waals surface area contributed by atoms with E-state index in [1.54, 1.807) is 0 Å². The third-order valence-corrected chi connectivity index (χ3v) is 3.70. The van der Waals surface area contributed by atoms with Gasteiger partial charge < -0.3 is 15.4 Å². The van der Waals surface area contributed by atoms with E-state index in [0.29, 0.717) is 0 Å². The largest absolute Gasteiger partial charge is 0.387 e. The van der Waals surface area contributed by atoms with Gasteiger partial charge >= 0.3 is 0 Å². The predicted molar refractivity (Wildman–Crippen MR) is 69.4 cm³/mol. The number of rotatable bonds is 2. The van der Waals surface area contributed by atoms with Crippen LogP contribution in [-0.4, -0.2) is 16.2 Å². The molecule has 2 aromatic rings. The summed E-state index contributed by atoms with van der Waals surface area (Å²) in [7, 11) is 2.00. The van der Waals surface area contributed by atoms with Crippen molar-refractivity contribution in [1.82, 2.24) is 4.57 Å². The van der Waals surface area contributed by atoms with Crippen LogP contribution in [0.25, 0.3) is 10.9 Å². The van der Waals surface area contributed by atoms with E-state index >= 15 is 0 Å². The fraction of sp³-hybridized carbons (Fsp3) is 0.333. The first-order chi connectivity index (χ1) is 7.57. The summed E-state index contributed by atoms with van der Waals surface area (Å²) in [6.07, 6.45) is -0.599. The lowest BCUT2D eigenvalue weighted by Crippen LogP contribution is -2.12. The van der Waals surface area contributed by atoms with Crippen LogP contribution in [0.2, 0.25) is 0 Å². The Balaban J connectivity index is 2.84. The Labute approximate surface area is 103 Å². The van der Waals surface area contributed by atoms with Gasteiger partial charge in [-0.2, -0.15) is 0 Å². The summed E-state index contributed by atoms with van der Waals surface area (Å²) in [5.74, 6) is 0. The minimum atomic E-state index is -0.599. The minimum absolute atomic E-state index is 0.243. The van der Waals surface area contributed by atoms with E-state index in [4.69, 9.17) is 5.73 Å². The average molecular weight is 283 g/mol. The second-order valence-electron chi connectivity index (χ2n) is 3.95. The normalized spacial score (nSPS) is 13.3. The molecule has 2 rings (SSSR count). The minimum Gasteiger partial charge on any atom is -0.387 e. The van der Waals surface area contributed by atoms with E-state index in [-0.39, 0.29) is 6.54 Å². The van der Waals surface area contributed by atoms with Gasteiger partial charge in [-0.3, -0.25) is 0 Å². The maximum Gasteiger partial charge on any atom is 0.0935 e. The molecule has 0 bridgehead atoms. The molecule has 3 N–H and O–H groups in total. The molecule has 16 heavy (non-hydrogen) atoms. The second-order valence-corrected chi connectivity index (χ2v) is 4.80. The lowest BCUT2D eigenvalue weighted by molar-refractivity contribution is 0.187. The number of benzene rings is 1. The fourth-order valence-corrected chi connectivity index (χ4v) is 2.79. The topological polar surface area (TPSA) is 51.2 Å². The maximum absolute atomic E-state index is 9.96. The van der Waals surface area contributed by atoms with Gasteiger partial charge in [0.2, 0.25) is 0 Å². The van der Waals surface area contributed by atoms with Crippen molar-refractivity contribution >= 4 is 26.8 Å². The monoisotopic (exact) mass is 282 g/mol. The molecule has 1 unspecified atom stereocenters. The molecule has 1 heterocycles. The van der Waals surface area contributed by atoms with Crippen LogP contribution >= 0.6 is 15.9 Å². The van der Waals surface area contributed by atoms with Crippen molar-refractivity contribution < 1.29 is 5.11 Å². The highest BCUT2D eigenvalue weighted by atomic mass is 79.9. The van der Waals surface area contributed by atoms with Crippen molar-refractivity contribution in [2.45, 2.75) is 13.0 Å². The SMILES string of the molecule is Cc1c(C(O)CN)c2cccc(Br)c2n1C. The zero-order chi connectivity index (χ0) is 11.9. The third-order valence-electron chi connectivity index (χ3n) is 3.06. The molecule has 0 saturated carbocycles. The first kappa shape index (κ1) is 11.6. The summed E-state index contributed by atoms with van der Waals surface area (Å²) in [6.45, 7) is 2.24. The van der Waals surface area contributed by atoms with Crippen molar-refractivity contribution in [3.05, 3.63) is 33.9 Å².